The lowest BCUT2D eigenvalue weighted by Gasteiger charge is -2.20. The van der Waals surface area contributed by atoms with Crippen molar-refractivity contribution in [2.45, 2.75) is 31.3 Å². The number of para-hydroxylation sites is 1. The maximum absolute atomic E-state index is 12.6. The molecule has 3 atom stereocenters. The molecule has 2 N–H and O–H groups in total. The fraction of sp³-hybridized carbons (Fsp3) is 0.350. The van der Waals surface area contributed by atoms with Crippen LogP contribution in [0.2, 0.25) is 0 Å². The zero-order chi connectivity index (χ0) is 16.9. The SMILES string of the molecule is CC1c2ccccc2OC1C(=O)NCC(CCO)c1ccccc1. The second-order valence-electron chi connectivity index (χ2n) is 6.23. The number of rotatable bonds is 6. The molecule has 4 heteroatoms. The highest BCUT2D eigenvalue weighted by Crippen LogP contribution is 2.37. The molecule has 2 aromatic rings. The van der Waals surface area contributed by atoms with Gasteiger partial charge in [0, 0.05) is 30.6 Å². The minimum atomic E-state index is -0.493. The van der Waals surface area contributed by atoms with E-state index in [0.29, 0.717) is 13.0 Å². The fourth-order valence-corrected chi connectivity index (χ4v) is 3.24. The van der Waals surface area contributed by atoms with Gasteiger partial charge in [-0.15, -0.1) is 0 Å². The molecule has 24 heavy (non-hydrogen) atoms. The van der Waals surface area contributed by atoms with Crippen molar-refractivity contribution in [3.8, 4) is 5.75 Å². The van der Waals surface area contributed by atoms with Gasteiger partial charge in [-0.2, -0.15) is 0 Å². The molecule has 1 heterocycles. The summed E-state index contributed by atoms with van der Waals surface area (Å²) in [5.74, 6) is 0.825. The third-order valence-electron chi connectivity index (χ3n) is 4.65. The molecule has 0 saturated carbocycles. The molecular formula is C20H23NO3. The Labute approximate surface area is 142 Å². The molecular weight excluding hydrogens is 302 g/mol. The molecule has 0 bridgehead atoms. The van der Waals surface area contributed by atoms with Crippen LogP contribution in [0.25, 0.3) is 0 Å². The Kier molecular flexibility index (Phi) is 5.16. The van der Waals surface area contributed by atoms with Crippen molar-refractivity contribution in [3.05, 3.63) is 65.7 Å². The van der Waals surface area contributed by atoms with Gasteiger partial charge in [0.1, 0.15) is 5.75 Å². The molecule has 3 unspecified atom stereocenters. The topological polar surface area (TPSA) is 58.6 Å². The minimum absolute atomic E-state index is 0.0363. The molecule has 0 aromatic heterocycles. The van der Waals surface area contributed by atoms with Crippen LogP contribution >= 0.6 is 0 Å². The monoisotopic (exact) mass is 325 g/mol. The van der Waals surface area contributed by atoms with E-state index in [2.05, 4.69) is 5.32 Å². The summed E-state index contributed by atoms with van der Waals surface area (Å²) in [6.45, 7) is 2.60. The molecule has 4 nitrogen and oxygen atoms in total. The van der Waals surface area contributed by atoms with Crippen LogP contribution in [0, 0.1) is 0 Å². The minimum Gasteiger partial charge on any atom is -0.480 e. The van der Waals surface area contributed by atoms with Crippen LogP contribution in [0.5, 0.6) is 5.75 Å². The fourth-order valence-electron chi connectivity index (χ4n) is 3.24. The Balaban J connectivity index is 1.63. The molecule has 126 valence electrons. The van der Waals surface area contributed by atoms with Gasteiger partial charge >= 0.3 is 0 Å². The van der Waals surface area contributed by atoms with Crippen molar-refractivity contribution >= 4 is 5.91 Å². The molecule has 0 saturated heterocycles. The first-order chi connectivity index (χ1) is 11.7. The number of aliphatic hydroxyl groups excluding tert-OH is 1. The van der Waals surface area contributed by atoms with Gasteiger partial charge in [0.15, 0.2) is 6.10 Å². The van der Waals surface area contributed by atoms with E-state index in [4.69, 9.17) is 4.74 Å². The number of fused-ring (bicyclic) bond motifs is 1. The molecule has 1 aliphatic heterocycles. The third kappa shape index (κ3) is 3.44. The summed E-state index contributed by atoms with van der Waals surface area (Å²) < 4.78 is 5.82. The van der Waals surface area contributed by atoms with E-state index in [1.165, 1.54) is 0 Å². The van der Waals surface area contributed by atoms with Crippen LogP contribution in [0.3, 0.4) is 0 Å². The molecule has 0 radical (unpaired) electrons. The van der Waals surface area contributed by atoms with E-state index >= 15 is 0 Å². The van der Waals surface area contributed by atoms with E-state index < -0.39 is 6.10 Å². The number of hydrogen-bond donors (Lipinski definition) is 2. The van der Waals surface area contributed by atoms with E-state index in [1.54, 1.807) is 0 Å². The first-order valence-electron chi connectivity index (χ1n) is 8.39. The second kappa shape index (κ2) is 7.49. The Morgan fingerprint density at radius 3 is 2.58 bits per heavy atom. The lowest BCUT2D eigenvalue weighted by molar-refractivity contribution is -0.128. The van der Waals surface area contributed by atoms with Crippen LogP contribution in [0.4, 0.5) is 0 Å². The Hall–Kier alpha value is -2.33. The lowest BCUT2D eigenvalue weighted by atomic mass is 9.95. The summed E-state index contributed by atoms with van der Waals surface area (Å²) in [7, 11) is 0. The number of aliphatic hydroxyl groups is 1. The van der Waals surface area contributed by atoms with Gasteiger partial charge in [-0.25, -0.2) is 0 Å². The number of carbonyl (C=O) groups excluding carboxylic acids is 1. The van der Waals surface area contributed by atoms with Crippen molar-refractivity contribution in [2.75, 3.05) is 13.2 Å². The Bertz CT molecular complexity index is 686. The number of nitrogens with one attached hydrogen (secondary N) is 1. The van der Waals surface area contributed by atoms with Crippen molar-refractivity contribution in [3.63, 3.8) is 0 Å². The van der Waals surface area contributed by atoms with Crippen LogP contribution < -0.4 is 10.1 Å². The van der Waals surface area contributed by atoms with E-state index in [1.807, 2.05) is 61.5 Å². The van der Waals surface area contributed by atoms with Crippen molar-refractivity contribution < 1.29 is 14.6 Å². The van der Waals surface area contributed by atoms with Gasteiger partial charge in [-0.3, -0.25) is 4.79 Å². The largest absolute Gasteiger partial charge is 0.480 e. The number of amides is 1. The molecule has 1 aliphatic rings. The first-order valence-corrected chi connectivity index (χ1v) is 8.39. The molecule has 0 aliphatic carbocycles. The molecule has 1 amide bonds. The lowest BCUT2D eigenvalue weighted by Crippen LogP contribution is -2.40. The van der Waals surface area contributed by atoms with Gasteiger partial charge < -0.3 is 15.2 Å². The van der Waals surface area contributed by atoms with Gasteiger partial charge in [-0.05, 0) is 18.1 Å². The maximum Gasteiger partial charge on any atom is 0.261 e. The summed E-state index contributed by atoms with van der Waals surface area (Å²) in [5, 5.41) is 12.3. The highest BCUT2D eigenvalue weighted by molar-refractivity contribution is 5.83. The zero-order valence-electron chi connectivity index (χ0n) is 13.8. The van der Waals surface area contributed by atoms with Crippen LogP contribution in [0.1, 0.15) is 36.3 Å². The van der Waals surface area contributed by atoms with E-state index in [0.717, 1.165) is 16.9 Å². The number of ether oxygens (including phenoxy) is 1. The van der Waals surface area contributed by atoms with E-state index in [-0.39, 0.29) is 24.3 Å². The number of benzene rings is 2. The molecule has 0 fully saturated rings. The third-order valence-corrected chi connectivity index (χ3v) is 4.65. The van der Waals surface area contributed by atoms with E-state index in [9.17, 15) is 9.90 Å². The zero-order valence-corrected chi connectivity index (χ0v) is 13.8. The summed E-state index contributed by atoms with van der Waals surface area (Å²) >= 11 is 0. The summed E-state index contributed by atoms with van der Waals surface area (Å²) in [6, 6.07) is 17.7. The quantitative estimate of drug-likeness (QED) is 0.858. The summed E-state index contributed by atoms with van der Waals surface area (Å²) in [5.41, 5.74) is 2.20. The van der Waals surface area contributed by atoms with Gasteiger partial charge in [-0.1, -0.05) is 55.5 Å². The maximum atomic E-state index is 12.6. The number of carbonyl (C=O) groups is 1. The van der Waals surface area contributed by atoms with Crippen LogP contribution in [0.15, 0.2) is 54.6 Å². The standard InChI is InChI=1S/C20H23NO3/c1-14-17-9-5-6-10-18(17)24-19(14)20(23)21-13-16(11-12-22)15-7-3-2-4-8-15/h2-10,14,16,19,22H,11-13H2,1H3,(H,21,23). The highest BCUT2D eigenvalue weighted by Gasteiger charge is 2.36. The Morgan fingerprint density at radius 2 is 1.88 bits per heavy atom. The van der Waals surface area contributed by atoms with Gasteiger partial charge in [0.2, 0.25) is 0 Å². The molecule has 3 rings (SSSR count). The first kappa shape index (κ1) is 16.5. The van der Waals surface area contributed by atoms with Crippen molar-refractivity contribution in [2.24, 2.45) is 0 Å². The summed E-state index contributed by atoms with van der Waals surface area (Å²) in [4.78, 5) is 12.6. The van der Waals surface area contributed by atoms with Crippen LogP contribution in [-0.2, 0) is 4.79 Å². The predicted octanol–water partition coefficient (Wildman–Crippen LogP) is 2.83. The normalized spacial score (nSPS) is 20.1. The van der Waals surface area contributed by atoms with Crippen molar-refractivity contribution in [1.82, 2.24) is 5.32 Å². The Morgan fingerprint density at radius 1 is 1.17 bits per heavy atom. The predicted molar refractivity (Wildman–Crippen MR) is 93.2 cm³/mol. The highest BCUT2D eigenvalue weighted by atomic mass is 16.5. The van der Waals surface area contributed by atoms with Crippen molar-refractivity contribution in [1.29, 1.82) is 0 Å². The average molecular weight is 325 g/mol. The number of hydrogen-bond acceptors (Lipinski definition) is 3. The van der Waals surface area contributed by atoms with Gasteiger partial charge in [0.05, 0.1) is 0 Å². The van der Waals surface area contributed by atoms with Gasteiger partial charge in [0.25, 0.3) is 5.91 Å². The summed E-state index contributed by atoms with van der Waals surface area (Å²) in [6.07, 6.45) is 0.124. The smallest absolute Gasteiger partial charge is 0.261 e. The van der Waals surface area contributed by atoms with Crippen LogP contribution in [-0.4, -0.2) is 30.3 Å². The second-order valence-corrected chi connectivity index (χ2v) is 6.23. The molecule has 2 aromatic carbocycles. The molecule has 0 spiro atoms. The average Bonchev–Trinajstić information content (AvgIpc) is 2.96.